The second-order valence-electron chi connectivity index (χ2n) is 5.04. The van der Waals surface area contributed by atoms with Gasteiger partial charge in [0.05, 0.1) is 21.6 Å². The van der Waals surface area contributed by atoms with Crippen molar-refractivity contribution >= 4 is 21.9 Å². The maximum absolute atomic E-state index is 13.5. The van der Waals surface area contributed by atoms with Gasteiger partial charge in [0.15, 0.2) is 23.3 Å². The van der Waals surface area contributed by atoms with Crippen LogP contribution in [0.5, 0.6) is 0 Å². The molecule has 7 nitrogen and oxygen atoms in total. The van der Waals surface area contributed by atoms with Gasteiger partial charge in [-0.15, -0.1) is 0 Å². The summed E-state index contributed by atoms with van der Waals surface area (Å²) in [6.45, 7) is 1.36. The van der Waals surface area contributed by atoms with E-state index in [1.165, 1.54) is 11.8 Å². The predicted octanol–water partition coefficient (Wildman–Crippen LogP) is 2.91. The smallest absolute Gasteiger partial charge is 0.258 e. The molecule has 0 atom stereocenters. The van der Waals surface area contributed by atoms with E-state index in [1.807, 2.05) is 0 Å². The fraction of sp³-hybridized carbons (Fsp3) is 0.0714. The van der Waals surface area contributed by atoms with E-state index >= 15 is 0 Å². The van der Waals surface area contributed by atoms with Gasteiger partial charge in [-0.1, -0.05) is 6.07 Å². The first kappa shape index (κ1) is 20.2. The topological polar surface area (TPSA) is 102 Å². The molecule has 0 bridgehead atoms. The maximum atomic E-state index is 13.5. The van der Waals surface area contributed by atoms with Crippen LogP contribution in [0.1, 0.15) is 11.1 Å². The van der Waals surface area contributed by atoms with Gasteiger partial charge in [-0.2, -0.15) is 13.5 Å². The molecule has 0 saturated heterocycles. The molecule has 0 aliphatic carbocycles. The second-order valence-corrected chi connectivity index (χ2v) is 6.70. The molecule has 0 amide bonds. The predicted molar refractivity (Wildman–Crippen MR) is 82.0 cm³/mol. The normalized spacial score (nSPS) is 11.8. The summed E-state index contributed by atoms with van der Waals surface area (Å²) in [5.74, 6) is -11.3. The average Bonchev–Trinajstić information content (AvgIpc) is 2.61. The Morgan fingerprint density at radius 2 is 1.56 bits per heavy atom. The second kappa shape index (κ2) is 7.26. The molecule has 0 aromatic heterocycles. The molecular weight excluding hydrogens is 401 g/mol. The van der Waals surface area contributed by atoms with Gasteiger partial charge in [-0.3, -0.25) is 10.1 Å². The monoisotopic (exact) mass is 409 g/mol. The van der Waals surface area contributed by atoms with Crippen molar-refractivity contribution in [2.24, 2.45) is 5.10 Å². The Kier molecular flexibility index (Phi) is 5.44. The molecule has 27 heavy (non-hydrogen) atoms. The fourth-order valence-electron chi connectivity index (χ4n) is 1.90. The van der Waals surface area contributed by atoms with Crippen LogP contribution < -0.4 is 4.83 Å². The van der Waals surface area contributed by atoms with Gasteiger partial charge in [0.2, 0.25) is 5.82 Å². The highest BCUT2D eigenvalue weighted by Gasteiger charge is 2.25. The summed E-state index contributed by atoms with van der Waals surface area (Å²) in [5.41, 5.74) is -1.81. The SMILES string of the molecule is Cc1ccc(S(=O)(=O)N/N=C/c2c(F)c(F)c(F)c(F)c2F)cc1[N+](=O)[O-]. The minimum Gasteiger partial charge on any atom is -0.258 e. The van der Waals surface area contributed by atoms with Crippen LogP contribution in [0.4, 0.5) is 27.6 Å². The summed E-state index contributed by atoms with van der Waals surface area (Å²) in [6, 6.07) is 2.85. The lowest BCUT2D eigenvalue weighted by Crippen LogP contribution is -2.19. The number of rotatable bonds is 5. The number of hydrazone groups is 1. The maximum Gasteiger partial charge on any atom is 0.276 e. The highest BCUT2D eigenvalue weighted by atomic mass is 32.2. The summed E-state index contributed by atoms with van der Waals surface area (Å²) in [4.78, 5) is 10.9. The Balaban J connectivity index is 2.37. The summed E-state index contributed by atoms with van der Waals surface area (Å²) in [5, 5.41) is 13.8. The molecule has 13 heteroatoms. The Morgan fingerprint density at radius 1 is 1.04 bits per heavy atom. The van der Waals surface area contributed by atoms with Crippen LogP contribution in [-0.2, 0) is 10.0 Å². The molecule has 0 aliphatic heterocycles. The number of nitro benzene ring substituents is 1. The first-order chi connectivity index (χ1) is 12.5. The zero-order chi connectivity index (χ0) is 20.5. The van der Waals surface area contributed by atoms with Gasteiger partial charge >= 0.3 is 0 Å². The van der Waals surface area contributed by atoms with E-state index in [2.05, 4.69) is 5.10 Å². The molecule has 2 aromatic rings. The first-order valence-corrected chi connectivity index (χ1v) is 8.27. The van der Waals surface area contributed by atoms with Crippen LogP contribution in [0.15, 0.2) is 28.2 Å². The molecule has 0 radical (unpaired) electrons. The highest BCUT2D eigenvalue weighted by molar-refractivity contribution is 7.89. The Morgan fingerprint density at radius 3 is 2.07 bits per heavy atom. The van der Waals surface area contributed by atoms with Crippen molar-refractivity contribution in [2.75, 3.05) is 0 Å². The minimum atomic E-state index is -4.52. The Labute approximate surface area is 148 Å². The van der Waals surface area contributed by atoms with E-state index < -0.39 is 60.2 Å². The molecule has 0 unspecified atom stereocenters. The summed E-state index contributed by atoms with van der Waals surface area (Å²) in [7, 11) is -4.52. The van der Waals surface area contributed by atoms with Crippen molar-refractivity contribution < 1.29 is 35.3 Å². The lowest BCUT2D eigenvalue weighted by molar-refractivity contribution is -0.385. The van der Waals surface area contributed by atoms with Gasteiger partial charge in [0.25, 0.3) is 15.7 Å². The number of nitro groups is 1. The van der Waals surface area contributed by atoms with Gasteiger partial charge < -0.3 is 0 Å². The Bertz CT molecular complexity index is 1040. The van der Waals surface area contributed by atoms with E-state index in [0.717, 1.165) is 12.1 Å². The third-order valence-corrected chi connectivity index (χ3v) is 4.52. The lowest BCUT2D eigenvalue weighted by atomic mass is 10.2. The van der Waals surface area contributed by atoms with Gasteiger partial charge in [0.1, 0.15) is 0 Å². The largest absolute Gasteiger partial charge is 0.276 e. The minimum absolute atomic E-state index is 0.0798. The number of aryl methyl sites for hydroxylation is 1. The van der Waals surface area contributed by atoms with Gasteiger partial charge in [-0.25, -0.2) is 26.8 Å². The van der Waals surface area contributed by atoms with E-state index in [0.29, 0.717) is 6.07 Å². The van der Waals surface area contributed by atoms with E-state index in [9.17, 15) is 40.5 Å². The van der Waals surface area contributed by atoms with Crippen LogP contribution in [-0.4, -0.2) is 19.6 Å². The number of nitrogens with zero attached hydrogens (tertiary/aromatic N) is 2. The number of benzene rings is 2. The zero-order valence-electron chi connectivity index (χ0n) is 13.1. The van der Waals surface area contributed by atoms with Crippen LogP contribution in [0.3, 0.4) is 0 Å². The number of hydrogen-bond donors (Lipinski definition) is 1. The van der Waals surface area contributed by atoms with Crippen molar-refractivity contribution in [1.29, 1.82) is 0 Å². The van der Waals surface area contributed by atoms with Crippen molar-refractivity contribution in [1.82, 2.24) is 4.83 Å². The number of hydrogen-bond acceptors (Lipinski definition) is 5. The van der Waals surface area contributed by atoms with Crippen LogP contribution >= 0.6 is 0 Å². The molecule has 2 rings (SSSR count). The first-order valence-electron chi connectivity index (χ1n) is 6.78. The molecule has 0 saturated carbocycles. The molecule has 0 aliphatic rings. The van der Waals surface area contributed by atoms with Crippen molar-refractivity contribution in [3.8, 4) is 0 Å². The highest BCUT2D eigenvalue weighted by Crippen LogP contribution is 2.23. The fourth-order valence-corrected chi connectivity index (χ4v) is 2.71. The third-order valence-electron chi connectivity index (χ3n) is 3.30. The van der Waals surface area contributed by atoms with E-state index in [4.69, 9.17) is 0 Å². The molecular formula is C14H8F5N3O4S. The Hall–Kier alpha value is -3.09. The summed E-state index contributed by atoms with van der Waals surface area (Å²) < 4.78 is 90.0. The molecule has 0 fully saturated rings. The van der Waals surface area contributed by atoms with Crippen molar-refractivity contribution in [2.45, 2.75) is 11.8 Å². The zero-order valence-corrected chi connectivity index (χ0v) is 14.0. The van der Waals surface area contributed by atoms with Crippen molar-refractivity contribution in [3.63, 3.8) is 0 Å². The third kappa shape index (κ3) is 3.86. The van der Waals surface area contributed by atoms with E-state index in [1.54, 1.807) is 0 Å². The summed E-state index contributed by atoms with van der Waals surface area (Å²) in [6.07, 6.45) is 0.0798. The summed E-state index contributed by atoms with van der Waals surface area (Å²) >= 11 is 0. The van der Waals surface area contributed by atoms with Crippen LogP contribution in [0.2, 0.25) is 0 Å². The average molecular weight is 409 g/mol. The molecule has 0 heterocycles. The molecule has 144 valence electrons. The van der Waals surface area contributed by atoms with Crippen molar-refractivity contribution in [3.05, 3.63) is 68.5 Å². The van der Waals surface area contributed by atoms with Crippen LogP contribution in [0, 0.1) is 46.1 Å². The lowest BCUT2D eigenvalue weighted by Gasteiger charge is -2.06. The number of halogens is 5. The molecule has 1 N–H and O–H groups in total. The van der Waals surface area contributed by atoms with E-state index in [-0.39, 0.29) is 11.8 Å². The number of nitrogens with one attached hydrogen (secondary N) is 1. The number of sulfonamides is 1. The van der Waals surface area contributed by atoms with Gasteiger partial charge in [0, 0.05) is 11.6 Å². The quantitative estimate of drug-likeness (QED) is 0.205. The molecule has 2 aromatic carbocycles. The van der Waals surface area contributed by atoms with Crippen LogP contribution in [0.25, 0.3) is 0 Å². The molecule has 0 spiro atoms. The van der Waals surface area contributed by atoms with Gasteiger partial charge in [-0.05, 0) is 13.0 Å². The standard InChI is InChI=1S/C14H8F5N3O4S/c1-6-2-3-7(4-9(6)22(23)24)27(25,26)21-20-5-8-10(15)12(17)14(19)13(18)11(8)16/h2-5,21H,1H3/b20-5+.